The molecular formula is C30H32FN3O2. The zero-order chi connectivity index (χ0) is 24.9. The third-order valence-electron chi connectivity index (χ3n) is 6.52. The molecule has 4 aromatic rings. The fourth-order valence-electron chi connectivity index (χ4n) is 4.63. The Morgan fingerprint density at radius 3 is 2.44 bits per heavy atom. The van der Waals surface area contributed by atoms with E-state index in [1.54, 1.807) is 16.8 Å². The van der Waals surface area contributed by atoms with Gasteiger partial charge in [0.1, 0.15) is 17.3 Å². The Hall–Kier alpha value is -3.48. The number of aliphatic hydroxyl groups is 1. The molecule has 0 unspecified atom stereocenters. The summed E-state index contributed by atoms with van der Waals surface area (Å²) in [5, 5.41) is 15.8. The highest BCUT2D eigenvalue weighted by atomic mass is 19.1. The Labute approximate surface area is 211 Å². The van der Waals surface area contributed by atoms with E-state index >= 15 is 0 Å². The molecule has 1 aliphatic rings. The summed E-state index contributed by atoms with van der Waals surface area (Å²) in [6.45, 7) is 2.04. The van der Waals surface area contributed by atoms with Crippen LogP contribution in [-0.2, 0) is 20.0 Å². The van der Waals surface area contributed by atoms with Crippen LogP contribution in [0.4, 0.5) is 4.39 Å². The predicted molar refractivity (Wildman–Crippen MR) is 139 cm³/mol. The van der Waals surface area contributed by atoms with Crippen LogP contribution in [0.5, 0.6) is 11.6 Å². The zero-order valence-corrected chi connectivity index (χ0v) is 20.6. The van der Waals surface area contributed by atoms with E-state index in [9.17, 15) is 9.50 Å². The maximum atomic E-state index is 13.9. The van der Waals surface area contributed by atoms with Gasteiger partial charge in [0.25, 0.3) is 0 Å². The first-order valence-electron chi connectivity index (χ1n) is 12.5. The van der Waals surface area contributed by atoms with E-state index in [0.717, 1.165) is 28.9 Å². The maximum absolute atomic E-state index is 13.9. The molecule has 36 heavy (non-hydrogen) atoms. The van der Waals surface area contributed by atoms with Gasteiger partial charge in [-0.25, -0.2) is 9.07 Å². The van der Waals surface area contributed by atoms with Gasteiger partial charge < -0.3 is 9.84 Å². The number of aliphatic hydroxyl groups excluding tert-OH is 1. The number of benzene rings is 3. The molecule has 0 aliphatic heterocycles. The maximum Gasteiger partial charge on any atom is 0.222 e. The lowest BCUT2D eigenvalue weighted by Gasteiger charge is -2.26. The van der Waals surface area contributed by atoms with Gasteiger partial charge in [0.2, 0.25) is 5.88 Å². The second-order valence-electron chi connectivity index (χ2n) is 9.66. The second-order valence-corrected chi connectivity index (χ2v) is 9.66. The first kappa shape index (κ1) is 24.2. The van der Waals surface area contributed by atoms with Gasteiger partial charge in [0.15, 0.2) is 0 Å². The monoisotopic (exact) mass is 485 g/mol. The van der Waals surface area contributed by atoms with Gasteiger partial charge in [-0.2, -0.15) is 5.10 Å². The van der Waals surface area contributed by atoms with E-state index in [1.165, 1.54) is 25.0 Å². The standard InChI is InChI=1S/C30H32FN3O2/c1-33-30(36-27-14-8-13-25(31)18-27)28(29(32-33)24-11-6-3-7-12-24)21-34(19-23-15-16-23)20-26(35)17-22-9-4-2-5-10-22/h2-14,18,23,26,35H,15-17,19-21H2,1H3/t26-/m1/s1. The lowest BCUT2D eigenvalue weighted by molar-refractivity contribution is 0.105. The molecule has 5 rings (SSSR count). The smallest absolute Gasteiger partial charge is 0.222 e. The van der Waals surface area contributed by atoms with E-state index in [0.29, 0.717) is 37.1 Å². The van der Waals surface area contributed by atoms with Crippen molar-refractivity contribution >= 4 is 0 Å². The van der Waals surface area contributed by atoms with E-state index in [4.69, 9.17) is 9.84 Å². The summed E-state index contributed by atoms with van der Waals surface area (Å²) in [5.74, 6) is 1.31. The molecule has 5 nitrogen and oxygen atoms in total. The van der Waals surface area contributed by atoms with Crippen molar-refractivity contribution in [2.24, 2.45) is 13.0 Å². The van der Waals surface area contributed by atoms with Gasteiger partial charge in [-0.1, -0.05) is 66.7 Å². The van der Waals surface area contributed by atoms with Crippen molar-refractivity contribution in [3.05, 3.63) is 102 Å². The summed E-state index contributed by atoms with van der Waals surface area (Å²) in [6, 6.07) is 26.3. The minimum atomic E-state index is -0.490. The third kappa shape index (κ3) is 6.20. The molecule has 0 saturated heterocycles. The van der Waals surface area contributed by atoms with E-state index in [1.807, 2.05) is 67.7 Å². The average Bonchev–Trinajstić information content (AvgIpc) is 3.64. The normalized spacial score (nSPS) is 14.2. The molecule has 6 heteroatoms. The highest BCUT2D eigenvalue weighted by molar-refractivity contribution is 5.65. The molecule has 1 saturated carbocycles. The van der Waals surface area contributed by atoms with Gasteiger partial charge in [0.05, 0.1) is 11.7 Å². The van der Waals surface area contributed by atoms with Gasteiger partial charge >= 0.3 is 0 Å². The topological polar surface area (TPSA) is 50.5 Å². The van der Waals surface area contributed by atoms with Crippen LogP contribution < -0.4 is 4.74 Å². The Balaban J connectivity index is 1.45. The van der Waals surface area contributed by atoms with Gasteiger partial charge in [-0.05, 0) is 42.9 Å². The molecule has 186 valence electrons. The number of ether oxygens (including phenoxy) is 1. The van der Waals surface area contributed by atoms with Crippen LogP contribution >= 0.6 is 0 Å². The van der Waals surface area contributed by atoms with Crippen LogP contribution in [-0.4, -0.2) is 39.0 Å². The fourth-order valence-corrected chi connectivity index (χ4v) is 4.63. The summed E-state index contributed by atoms with van der Waals surface area (Å²) in [7, 11) is 1.85. The Bertz CT molecular complexity index is 1270. The second kappa shape index (κ2) is 11.1. The average molecular weight is 486 g/mol. The molecule has 1 heterocycles. The third-order valence-corrected chi connectivity index (χ3v) is 6.52. The van der Waals surface area contributed by atoms with Crippen LogP contribution in [0.15, 0.2) is 84.9 Å². The Kier molecular flexibility index (Phi) is 7.44. The van der Waals surface area contributed by atoms with Crippen molar-refractivity contribution in [3.8, 4) is 22.9 Å². The summed E-state index contributed by atoms with van der Waals surface area (Å²) in [5.41, 5.74) is 3.88. The molecule has 0 bridgehead atoms. The van der Waals surface area contributed by atoms with E-state index < -0.39 is 6.10 Å². The highest BCUT2D eigenvalue weighted by Gasteiger charge is 2.28. The van der Waals surface area contributed by atoms with Crippen LogP contribution in [0, 0.1) is 11.7 Å². The molecular weight excluding hydrogens is 453 g/mol. The number of nitrogens with zero attached hydrogens (tertiary/aromatic N) is 3. The van der Waals surface area contributed by atoms with E-state index in [2.05, 4.69) is 4.90 Å². The van der Waals surface area contributed by atoms with Gasteiger partial charge in [-0.15, -0.1) is 0 Å². The lowest BCUT2D eigenvalue weighted by atomic mass is 10.1. The number of rotatable bonds is 11. The number of halogens is 1. The highest BCUT2D eigenvalue weighted by Crippen LogP contribution is 2.36. The van der Waals surface area contributed by atoms with Gasteiger partial charge in [0, 0.05) is 38.3 Å². The summed E-state index contributed by atoms with van der Waals surface area (Å²) in [4.78, 5) is 2.31. The molecule has 1 fully saturated rings. The summed E-state index contributed by atoms with van der Waals surface area (Å²) in [6.07, 6.45) is 2.55. The SMILES string of the molecule is Cn1nc(-c2ccccc2)c(CN(CC2CC2)C[C@H](O)Cc2ccccc2)c1Oc1cccc(F)c1. The Morgan fingerprint density at radius 1 is 1.03 bits per heavy atom. The number of aryl methyl sites for hydroxylation is 1. The molecule has 1 atom stereocenters. The zero-order valence-electron chi connectivity index (χ0n) is 20.6. The predicted octanol–water partition coefficient (Wildman–Crippen LogP) is 5.83. The van der Waals surface area contributed by atoms with Crippen LogP contribution in [0.1, 0.15) is 24.0 Å². The van der Waals surface area contributed by atoms with Gasteiger partial charge in [-0.3, -0.25) is 4.90 Å². The molecule has 0 amide bonds. The fraction of sp³-hybridized carbons (Fsp3) is 0.300. The van der Waals surface area contributed by atoms with Crippen molar-refractivity contribution in [2.75, 3.05) is 13.1 Å². The molecule has 0 spiro atoms. The van der Waals surface area contributed by atoms with Crippen molar-refractivity contribution < 1.29 is 14.2 Å². The minimum Gasteiger partial charge on any atom is -0.439 e. The first-order chi connectivity index (χ1) is 17.5. The first-order valence-corrected chi connectivity index (χ1v) is 12.5. The summed E-state index contributed by atoms with van der Waals surface area (Å²) >= 11 is 0. The minimum absolute atomic E-state index is 0.348. The van der Waals surface area contributed by atoms with Crippen molar-refractivity contribution in [3.63, 3.8) is 0 Å². The summed E-state index contributed by atoms with van der Waals surface area (Å²) < 4.78 is 21.8. The molecule has 1 N–H and O–H groups in total. The van der Waals surface area contributed by atoms with Crippen LogP contribution in [0.2, 0.25) is 0 Å². The Morgan fingerprint density at radius 2 is 1.75 bits per heavy atom. The number of hydrogen-bond acceptors (Lipinski definition) is 4. The largest absolute Gasteiger partial charge is 0.439 e. The lowest BCUT2D eigenvalue weighted by Crippen LogP contribution is -2.35. The molecule has 1 aromatic heterocycles. The molecule has 3 aromatic carbocycles. The quantitative estimate of drug-likeness (QED) is 0.290. The van der Waals surface area contributed by atoms with Crippen LogP contribution in [0.25, 0.3) is 11.3 Å². The number of hydrogen-bond donors (Lipinski definition) is 1. The van der Waals surface area contributed by atoms with Crippen LogP contribution in [0.3, 0.4) is 0 Å². The van der Waals surface area contributed by atoms with E-state index in [-0.39, 0.29) is 5.82 Å². The molecule has 1 aliphatic carbocycles. The molecule has 0 radical (unpaired) electrons. The van der Waals surface area contributed by atoms with Crippen molar-refractivity contribution in [1.29, 1.82) is 0 Å². The van der Waals surface area contributed by atoms with Crippen molar-refractivity contribution in [1.82, 2.24) is 14.7 Å². The number of aromatic nitrogens is 2. The van der Waals surface area contributed by atoms with Crippen molar-refractivity contribution in [2.45, 2.75) is 31.9 Å².